The van der Waals surface area contributed by atoms with E-state index in [9.17, 15) is 9.59 Å². The van der Waals surface area contributed by atoms with Crippen molar-refractivity contribution in [3.63, 3.8) is 0 Å². The van der Waals surface area contributed by atoms with E-state index in [4.69, 9.17) is 9.15 Å². The van der Waals surface area contributed by atoms with Gasteiger partial charge in [-0.3, -0.25) is 9.59 Å². The van der Waals surface area contributed by atoms with Gasteiger partial charge in [-0.05, 0) is 62.1 Å². The molecule has 0 saturated carbocycles. The van der Waals surface area contributed by atoms with E-state index in [-0.39, 0.29) is 17.7 Å². The number of amides is 2. The van der Waals surface area contributed by atoms with Gasteiger partial charge in [0.2, 0.25) is 11.8 Å². The lowest BCUT2D eigenvalue weighted by Crippen LogP contribution is -2.43. The van der Waals surface area contributed by atoms with Crippen LogP contribution in [-0.4, -0.2) is 34.8 Å². The summed E-state index contributed by atoms with van der Waals surface area (Å²) in [7, 11) is 0. The Balaban J connectivity index is 1.34. The number of nitrogens with one attached hydrogen (secondary N) is 1. The van der Waals surface area contributed by atoms with E-state index in [1.54, 1.807) is 29.3 Å². The van der Waals surface area contributed by atoms with Crippen molar-refractivity contribution in [1.82, 2.24) is 9.88 Å². The average molecular weight is 419 g/mol. The van der Waals surface area contributed by atoms with Crippen molar-refractivity contribution < 1.29 is 18.7 Å². The van der Waals surface area contributed by atoms with E-state index in [1.807, 2.05) is 32.0 Å². The molecular weight excluding hydrogens is 394 g/mol. The molecule has 0 bridgehead atoms. The molecule has 1 aromatic carbocycles. The molecule has 1 atom stereocenters. The zero-order valence-electron chi connectivity index (χ0n) is 17.6. The summed E-state index contributed by atoms with van der Waals surface area (Å²) in [6, 6.07) is 11.0. The predicted molar refractivity (Wildman–Crippen MR) is 116 cm³/mol. The van der Waals surface area contributed by atoms with Gasteiger partial charge in [-0.2, -0.15) is 0 Å². The van der Waals surface area contributed by atoms with Crippen molar-refractivity contribution in [3.8, 4) is 11.6 Å². The summed E-state index contributed by atoms with van der Waals surface area (Å²) in [6.07, 6.45) is 6.00. The number of anilines is 1. The molecular formula is C24H25N3O4. The van der Waals surface area contributed by atoms with Gasteiger partial charge in [0.25, 0.3) is 5.91 Å². The minimum atomic E-state index is -0.268. The Morgan fingerprint density at radius 2 is 2.03 bits per heavy atom. The van der Waals surface area contributed by atoms with Gasteiger partial charge in [-0.25, -0.2) is 4.98 Å². The largest absolute Gasteiger partial charge is 0.472 e. The fourth-order valence-electron chi connectivity index (χ4n) is 3.60. The highest BCUT2D eigenvalue weighted by Crippen LogP contribution is 2.24. The van der Waals surface area contributed by atoms with Crippen LogP contribution in [0.4, 0.5) is 5.69 Å². The number of nitrogens with zero attached hydrogens (tertiary/aromatic N) is 2. The lowest BCUT2D eigenvalue weighted by molar-refractivity contribution is -0.121. The Bertz CT molecular complexity index is 1060. The van der Waals surface area contributed by atoms with E-state index in [1.165, 1.54) is 18.1 Å². The summed E-state index contributed by atoms with van der Waals surface area (Å²) in [6.45, 7) is 5.11. The highest BCUT2D eigenvalue weighted by molar-refractivity contribution is 5.96. The number of aryl methyl sites for hydroxylation is 2. The lowest BCUT2D eigenvalue weighted by atomic mass is 9.96. The first-order chi connectivity index (χ1) is 15.0. The first-order valence-corrected chi connectivity index (χ1v) is 10.3. The molecule has 160 valence electrons. The molecule has 1 N–H and O–H groups in total. The van der Waals surface area contributed by atoms with E-state index >= 15 is 0 Å². The number of pyridine rings is 1. The Morgan fingerprint density at radius 1 is 1.16 bits per heavy atom. The van der Waals surface area contributed by atoms with Crippen molar-refractivity contribution in [2.24, 2.45) is 5.92 Å². The Hall–Kier alpha value is -3.61. The first kappa shape index (κ1) is 20.7. The number of benzene rings is 1. The molecule has 2 aromatic heterocycles. The molecule has 0 aliphatic carbocycles. The molecule has 31 heavy (non-hydrogen) atoms. The van der Waals surface area contributed by atoms with Crippen molar-refractivity contribution in [1.29, 1.82) is 0 Å². The monoisotopic (exact) mass is 419 g/mol. The lowest BCUT2D eigenvalue weighted by Gasteiger charge is -2.31. The van der Waals surface area contributed by atoms with Crippen LogP contribution in [0.2, 0.25) is 0 Å². The number of rotatable bonds is 5. The molecule has 1 aliphatic rings. The van der Waals surface area contributed by atoms with Crippen LogP contribution < -0.4 is 10.1 Å². The second kappa shape index (κ2) is 9.04. The predicted octanol–water partition coefficient (Wildman–Crippen LogP) is 4.57. The van der Waals surface area contributed by atoms with Gasteiger partial charge >= 0.3 is 0 Å². The molecule has 0 spiro atoms. The van der Waals surface area contributed by atoms with E-state index in [0.717, 1.165) is 24.2 Å². The number of hydrogen-bond donors (Lipinski definition) is 1. The second-order valence-electron chi connectivity index (χ2n) is 7.82. The number of carbonyl (C=O) groups is 2. The molecule has 3 heterocycles. The fourth-order valence-corrected chi connectivity index (χ4v) is 3.60. The first-order valence-electron chi connectivity index (χ1n) is 10.3. The normalized spacial score (nSPS) is 16.1. The molecule has 3 aromatic rings. The maximum absolute atomic E-state index is 12.7. The standard InChI is InChI=1S/C24H25N3O4/c1-16-5-7-21(12-17(16)2)31-22-8-6-20(13-25-22)26-23(28)18-4-3-10-27(14-18)24(29)19-9-11-30-15-19/h5-9,11-13,15,18H,3-4,10,14H2,1-2H3,(H,26,28)/t18-/m0/s1. The van der Waals surface area contributed by atoms with Gasteiger partial charge in [-0.15, -0.1) is 0 Å². The van der Waals surface area contributed by atoms with Gasteiger partial charge in [0.15, 0.2) is 0 Å². The number of piperidine rings is 1. The van der Waals surface area contributed by atoms with E-state index in [2.05, 4.69) is 10.3 Å². The summed E-state index contributed by atoms with van der Waals surface area (Å²) >= 11 is 0. The van der Waals surface area contributed by atoms with Crippen LogP contribution in [0, 0.1) is 19.8 Å². The third-order valence-electron chi connectivity index (χ3n) is 5.55. The number of aromatic nitrogens is 1. The summed E-state index contributed by atoms with van der Waals surface area (Å²) in [5.74, 6) is 0.680. The average Bonchev–Trinajstić information content (AvgIpc) is 3.32. The smallest absolute Gasteiger partial charge is 0.257 e. The van der Waals surface area contributed by atoms with Crippen LogP contribution >= 0.6 is 0 Å². The summed E-state index contributed by atoms with van der Waals surface area (Å²) in [5.41, 5.74) is 3.45. The molecule has 0 radical (unpaired) electrons. The van der Waals surface area contributed by atoms with Gasteiger partial charge in [0.05, 0.1) is 29.6 Å². The fraction of sp³-hybridized carbons (Fsp3) is 0.292. The molecule has 1 fully saturated rings. The molecule has 7 nitrogen and oxygen atoms in total. The zero-order chi connectivity index (χ0) is 21.8. The minimum absolute atomic E-state index is 0.110. The number of furan rings is 1. The molecule has 7 heteroatoms. The number of hydrogen-bond acceptors (Lipinski definition) is 5. The van der Waals surface area contributed by atoms with Crippen LogP contribution in [0.5, 0.6) is 11.6 Å². The van der Waals surface area contributed by atoms with Crippen LogP contribution in [0.15, 0.2) is 59.5 Å². The van der Waals surface area contributed by atoms with Gasteiger partial charge in [-0.1, -0.05) is 6.07 Å². The molecule has 2 amide bonds. The van der Waals surface area contributed by atoms with Gasteiger partial charge < -0.3 is 19.4 Å². The summed E-state index contributed by atoms with van der Waals surface area (Å²) in [4.78, 5) is 31.3. The zero-order valence-corrected chi connectivity index (χ0v) is 17.6. The topological polar surface area (TPSA) is 84.7 Å². The Labute approximate surface area is 181 Å². The third-order valence-corrected chi connectivity index (χ3v) is 5.55. The van der Waals surface area contributed by atoms with E-state index in [0.29, 0.717) is 30.2 Å². The Kier molecular flexibility index (Phi) is 6.02. The summed E-state index contributed by atoms with van der Waals surface area (Å²) in [5, 5.41) is 2.90. The van der Waals surface area contributed by atoms with Crippen molar-refractivity contribution in [3.05, 3.63) is 71.8 Å². The van der Waals surface area contributed by atoms with Crippen molar-refractivity contribution in [2.45, 2.75) is 26.7 Å². The van der Waals surface area contributed by atoms with E-state index < -0.39 is 0 Å². The maximum atomic E-state index is 12.7. The van der Waals surface area contributed by atoms with Gasteiger partial charge in [0.1, 0.15) is 12.0 Å². The highest BCUT2D eigenvalue weighted by atomic mass is 16.5. The number of likely N-dealkylation sites (tertiary alicyclic amines) is 1. The van der Waals surface area contributed by atoms with Crippen molar-refractivity contribution in [2.75, 3.05) is 18.4 Å². The van der Waals surface area contributed by atoms with Crippen LogP contribution in [-0.2, 0) is 4.79 Å². The SMILES string of the molecule is Cc1ccc(Oc2ccc(NC(=O)[C@H]3CCCN(C(=O)c4ccoc4)C3)cn2)cc1C. The molecule has 1 aliphatic heterocycles. The highest BCUT2D eigenvalue weighted by Gasteiger charge is 2.29. The van der Waals surface area contributed by atoms with Crippen LogP contribution in [0.25, 0.3) is 0 Å². The molecule has 0 unspecified atom stereocenters. The number of ether oxygens (including phenoxy) is 1. The maximum Gasteiger partial charge on any atom is 0.257 e. The van der Waals surface area contributed by atoms with Gasteiger partial charge in [0, 0.05) is 19.2 Å². The Morgan fingerprint density at radius 3 is 2.74 bits per heavy atom. The second-order valence-corrected chi connectivity index (χ2v) is 7.82. The number of carbonyl (C=O) groups excluding carboxylic acids is 2. The van der Waals surface area contributed by atoms with Crippen molar-refractivity contribution >= 4 is 17.5 Å². The quantitative estimate of drug-likeness (QED) is 0.655. The summed E-state index contributed by atoms with van der Waals surface area (Å²) < 4.78 is 10.8. The van der Waals surface area contributed by atoms with Crippen LogP contribution in [0.1, 0.15) is 34.3 Å². The van der Waals surface area contributed by atoms with Crippen LogP contribution in [0.3, 0.4) is 0 Å². The molecule has 4 rings (SSSR count). The minimum Gasteiger partial charge on any atom is -0.472 e. The molecule has 1 saturated heterocycles. The third kappa shape index (κ3) is 4.94.